The summed E-state index contributed by atoms with van der Waals surface area (Å²) < 4.78 is -0.208. The van der Waals surface area contributed by atoms with Crippen molar-refractivity contribution in [2.75, 3.05) is 0 Å². The summed E-state index contributed by atoms with van der Waals surface area (Å²) in [4.78, 5) is 10.9. The average Bonchev–Trinajstić information content (AvgIpc) is 2.25. The molecule has 1 aliphatic rings. The minimum absolute atomic E-state index is 0.208. The molecule has 0 unspecified atom stereocenters. The third kappa shape index (κ3) is 2.17. The molecule has 13 heavy (non-hydrogen) atoms. The van der Waals surface area contributed by atoms with Crippen LogP contribution >= 0.6 is 11.8 Å². The molecule has 0 amide bonds. The molecule has 0 aromatic carbocycles. The van der Waals surface area contributed by atoms with Crippen molar-refractivity contribution in [1.29, 1.82) is 0 Å². The Kier molecular flexibility index (Phi) is 2.92. The van der Waals surface area contributed by atoms with Crippen molar-refractivity contribution < 1.29 is 9.90 Å². The molecule has 0 aromatic rings. The molecule has 4 heteroatoms. The quantitative estimate of drug-likeness (QED) is 0.714. The molecule has 0 spiro atoms. The highest BCUT2D eigenvalue weighted by molar-refractivity contribution is 8.01. The Balaban J connectivity index is 2.74. The Morgan fingerprint density at radius 3 is 2.31 bits per heavy atom. The molecular weight excluding hydrogens is 186 g/mol. The topological polar surface area (TPSA) is 49.3 Å². The highest BCUT2D eigenvalue weighted by atomic mass is 32.2. The molecule has 0 saturated carbocycles. The third-order valence-corrected chi connectivity index (χ3v) is 4.09. The lowest BCUT2D eigenvalue weighted by molar-refractivity contribution is -0.139. The minimum atomic E-state index is -0.749. The second-order valence-electron chi connectivity index (χ2n) is 4.32. The molecule has 0 radical (unpaired) electrons. The SMILES string of the molecule is CC(C)[C@H]1N[C@@H](C(=O)O)C(C)(C)S1. The van der Waals surface area contributed by atoms with Gasteiger partial charge in [-0.3, -0.25) is 10.1 Å². The number of hydrogen-bond donors (Lipinski definition) is 2. The van der Waals surface area contributed by atoms with Gasteiger partial charge >= 0.3 is 5.97 Å². The Hall–Kier alpha value is -0.220. The first kappa shape index (κ1) is 10.9. The summed E-state index contributed by atoms with van der Waals surface area (Å²) >= 11 is 1.72. The molecule has 1 aliphatic heterocycles. The minimum Gasteiger partial charge on any atom is -0.480 e. The van der Waals surface area contributed by atoms with E-state index in [1.165, 1.54) is 0 Å². The Morgan fingerprint density at radius 2 is 2.08 bits per heavy atom. The summed E-state index contributed by atoms with van der Waals surface area (Å²) in [6, 6.07) is -0.426. The monoisotopic (exact) mass is 203 g/mol. The molecule has 0 aromatic heterocycles. The van der Waals surface area contributed by atoms with Crippen molar-refractivity contribution in [3.8, 4) is 0 Å². The van der Waals surface area contributed by atoms with E-state index >= 15 is 0 Å². The smallest absolute Gasteiger partial charge is 0.322 e. The number of hydrogen-bond acceptors (Lipinski definition) is 3. The largest absolute Gasteiger partial charge is 0.480 e. The van der Waals surface area contributed by atoms with Gasteiger partial charge < -0.3 is 5.11 Å². The van der Waals surface area contributed by atoms with E-state index in [0.29, 0.717) is 5.92 Å². The number of carboxylic acids is 1. The van der Waals surface area contributed by atoms with Crippen LogP contribution < -0.4 is 5.32 Å². The lowest BCUT2D eigenvalue weighted by Gasteiger charge is -2.21. The normalized spacial score (nSPS) is 32.4. The number of carbonyl (C=O) groups is 1. The maximum absolute atomic E-state index is 10.9. The fourth-order valence-electron chi connectivity index (χ4n) is 1.49. The number of carboxylic acid groups (broad SMARTS) is 1. The van der Waals surface area contributed by atoms with Crippen LogP contribution in [0.25, 0.3) is 0 Å². The van der Waals surface area contributed by atoms with E-state index in [2.05, 4.69) is 19.2 Å². The van der Waals surface area contributed by atoms with Gasteiger partial charge in [0.05, 0.1) is 5.37 Å². The van der Waals surface area contributed by atoms with Gasteiger partial charge in [-0.1, -0.05) is 13.8 Å². The molecule has 76 valence electrons. The summed E-state index contributed by atoms with van der Waals surface area (Å²) in [5, 5.41) is 12.4. The average molecular weight is 203 g/mol. The second-order valence-corrected chi connectivity index (χ2v) is 6.12. The summed E-state index contributed by atoms with van der Waals surface area (Å²) in [6.07, 6.45) is 0. The molecule has 0 bridgehead atoms. The number of nitrogens with one attached hydrogen (secondary N) is 1. The number of aliphatic carboxylic acids is 1. The van der Waals surface area contributed by atoms with Gasteiger partial charge in [0.1, 0.15) is 6.04 Å². The van der Waals surface area contributed by atoms with Gasteiger partial charge in [-0.15, -0.1) is 11.8 Å². The van der Waals surface area contributed by atoms with Crippen molar-refractivity contribution in [2.45, 2.75) is 43.9 Å². The van der Waals surface area contributed by atoms with Crippen LogP contribution in [-0.2, 0) is 4.79 Å². The van der Waals surface area contributed by atoms with E-state index in [0.717, 1.165) is 0 Å². The fraction of sp³-hybridized carbons (Fsp3) is 0.889. The van der Waals surface area contributed by atoms with Crippen LogP contribution in [0.15, 0.2) is 0 Å². The van der Waals surface area contributed by atoms with Crippen LogP contribution in [-0.4, -0.2) is 27.2 Å². The van der Waals surface area contributed by atoms with E-state index < -0.39 is 12.0 Å². The van der Waals surface area contributed by atoms with E-state index in [9.17, 15) is 4.79 Å². The Bertz CT molecular complexity index is 216. The van der Waals surface area contributed by atoms with Crippen molar-refractivity contribution in [2.24, 2.45) is 5.92 Å². The predicted octanol–water partition coefficient (Wildman–Crippen LogP) is 1.54. The van der Waals surface area contributed by atoms with Gasteiger partial charge in [0.15, 0.2) is 0 Å². The Labute approximate surface area is 83.3 Å². The molecule has 1 rings (SSSR count). The molecule has 1 heterocycles. The zero-order chi connectivity index (χ0) is 10.2. The van der Waals surface area contributed by atoms with E-state index in [-0.39, 0.29) is 10.1 Å². The fourth-order valence-corrected chi connectivity index (χ4v) is 2.93. The highest BCUT2D eigenvalue weighted by Gasteiger charge is 2.45. The summed E-state index contributed by atoms with van der Waals surface area (Å²) in [6.45, 7) is 8.16. The van der Waals surface area contributed by atoms with Gasteiger partial charge in [0.25, 0.3) is 0 Å². The first-order valence-corrected chi connectivity index (χ1v) is 5.39. The number of thioether (sulfide) groups is 1. The van der Waals surface area contributed by atoms with Crippen molar-refractivity contribution in [3.05, 3.63) is 0 Å². The molecular formula is C9H17NO2S. The molecule has 0 aliphatic carbocycles. The summed E-state index contributed by atoms with van der Waals surface area (Å²) in [7, 11) is 0. The molecule has 2 atom stereocenters. The van der Waals surface area contributed by atoms with Gasteiger partial charge in [-0.2, -0.15) is 0 Å². The maximum Gasteiger partial charge on any atom is 0.322 e. The molecule has 3 nitrogen and oxygen atoms in total. The predicted molar refractivity (Wildman–Crippen MR) is 54.9 cm³/mol. The lowest BCUT2D eigenvalue weighted by Crippen LogP contribution is -2.45. The highest BCUT2D eigenvalue weighted by Crippen LogP contribution is 2.40. The zero-order valence-corrected chi connectivity index (χ0v) is 9.31. The summed E-state index contributed by atoms with van der Waals surface area (Å²) in [5.41, 5.74) is 0. The van der Waals surface area contributed by atoms with Crippen LogP contribution in [0.2, 0.25) is 0 Å². The van der Waals surface area contributed by atoms with Crippen LogP contribution in [0, 0.1) is 5.92 Å². The summed E-state index contributed by atoms with van der Waals surface area (Å²) in [5.74, 6) is -0.283. The third-order valence-electron chi connectivity index (χ3n) is 2.31. The van der Waals surface area contributed by atoms with Crippen LogP contribution in [0.3, 0.4) is 0 Å². The van der Waals surface area contributed by atoms with Gasteiger partial charge in [-0.05, 0) is 19.8 Å². The van der Waals surface area contributed by atoms with Gasteiger partial charge in [0, 0.05) is 4.75 Å². The van der Waals surface area contributed by atoms with Crippen molar-refractivity contribution in [1.82, 2.24) is 5.32 Å². The second kappa shape index (κ2) is 3.50. The van der Waals surface area contributed by atoms with Crippen LogP contribution in [0.5, 0.6) is 0 Å². The van der Waals surface area contributed by atoms with E-state index in [1.54, 1.807) is 11.8 Å². The first-order chi connectivity index (χ1) is 5.84. The Morgan fingerprint density at radius 1 is 1.54 bits per heavy atom. The standard InChI is InChI=1S/C9H17NO2S/c1-5(2)7-10-6(8(11)12)9(3,4)13-7/h5-7,10H,1-4H3,(H,11,12)/t6-,7-/m0/s1. The van der Waals surface area contributed by atoms with Gasteiger partial charge in [-0.25, -0.2) is 0 Å². The van der Waals surface area contributed by atoms with Crippen LogP contribution in [0.1, 0.15) is 27.7 Å². The maximum atomic E-state index is 10.9. The first-order valence-electron chi connectivity index (χ1n) is 4.51. The lowest BCUT2D eigenvalue weighted by atomic mass is 10.0. The van der Waals surface area contributed by atoms with Crippen molar-refractivity contribution in [3.63, 3.8) is 0 Å². The molecule has 1 saturated heterocycles. The van der Waals surface area contributed by atoms with E-state index in [1.807, 2.05) is 13.8 Å². The van der Waals surface area contributed by atoms with E-state index in [4.69, 9.17) is 5.11 Å². The van der Waals surface area contributed by atoms with Crippen molar-refractivity contribution >= 4 is 17.7 Å². The van der Waals surface area contributed by atoms with Gasteiger partial charge in [0.2, 0.25) is 0 Å². The zero-order valence-electron chi connectivity index (χ0n) is 8.50. The number of rotatable bonds is 2. The molecule has 1 fully saturated rings. The van der Waals surface area contributed by atoms with Crippen LogP contribution in [0.4, 0.5) is 0 Å². The molecule has 2 N–H and O–H groups in total.